The molecule has 0 radical (unpaired) electrons. The van der Waals surface area contributed by atoms with E-state index < -0.39 is 17.6 Å². The molecule has 0 aliphatic carbocycles. The van der Waals surface area contributed by atoms with Gasteiger partial charge in [-0.1, -0.05) is 12.1 Å². The molecule has 8 heteroatoms. The van der Waals surface area contributed by atoms with Crippen molar-refractivity contribution in [2.75, 3.05) is 13.1 Å². The van der Waals surface area contributed by atoms with Crippen molar-refractivity contribution >= 4 is 16.9 Å². The number of pyridine rings is 1. The third-order valence-corrected chi connectivity index (χ3v) is 4.75. The van der Waals surface area contributed by atoms with Gasteiger partial charge in [0.15, 0.2) is 0 Å². The predicted octanol–water partition coefficient (Wildman–Crippen LogP) is 4.09. The Balaban J connectivity index is 1.73. The van der Waals surface area contributed by atoms with Crippen molar-refractivity contribution in [1.29, 1.82) is 0 Å². The van der Waals surface area contributed by atoms with Crippen molar-refractivity contribution in [1.82, 2.24) is 14.5 Å². The lowest BCUT2D eigenvalue weighted by Crippen LogP contribution is -2.43. The fraction of sp³-hybridized carbons (Fsp3) is 0.263. The molecule has 1 aliphatic heterocycles. The summed E-state index contributed by atoms with van der Waals surface area (Å²) >= 11 is 0. The second kappa shape index (κ2) is 6.37. The van der Waals surface area contributed by atoms with Crippen LogP contribution in [0, 0.1) is 5.82 Å². The van der Waals surface area contributed by atoms with Gasteiger partial charge in [-0.05, 0) is 24.6 Å². The summed E-state index contributed by atoms with van der Waals surface area (Å²) in [5.74, 6) is -1.37. The molecule has 3 heterocycles. The normalized spacial score (nSPS) is 14.4. The second-order valence-electron chi connectivity index (χ2n) is 6.47. The number of hydrogen-bond acceptors (Lipinski definition) is 2. The Kier molecular flexibility index (Phi) is 4.13. The topological polar surface area (TPSA) is 38.1 Å². The minimum absolute atomic E-state index is 0.0330. The second-order valence-corrected chi connectivity index (χ2v) is 6.47. The Morgan fingerprint density at radius 2 is 1.96 bits per heavy atom. The summed E-state index contributed by atoms with van der Waals surface area (Å²) in [6.07, 6.45) is -0.760. The van der Waals surface area contributed by atoms with Gasteiger partial charge >= 0.3 is 6.18 Å². The van der Waals surface area contributed by atoms with Crippen LogP contribution in [0.4, 0.5) is 17.6 Å². The Morgan fingerprint density at radius 1 is 1.19 bits per heavy atom. The van der Waals surface area contributed by atoms with Crippen LogP contribution in [0.5, 0.6) is 0 Å². The van der Waals surface area contributed by atoms with Gasteiger partial charge in [0, 0.05) is 36.6 Å². The van der Waals surface area contributed by atoms with Gasteiger partial charge < -0.3 is 9.47 Å². The average Bonchev–Trinajstić information content (AvgIpc) is 2.94. The molecule has 1 aliphatic rings. The summed E-state index contributed by atoms with van der Waals surface area (Å²) in [4.78, 5) is 18.1. The van der Waals surface area contributed by atoms with E-state index in [2.05, 4.69) is 4.98 Å². The smallest absolute Gasteiger partial charge is 0.341 e. The molecule has 3 aromatic rings. The van der Waals surface area contributed by atoms with Gasteiger partial charge in [-0.3, -0.25) is 9.78 Å². The number of halogens is 4. The van der Waals surface area contributed by atoms with E-state index in [0.717, 1.165) is 25.6 Å². The molecule has 2 aromatic heterocycles. The summed E-state index contributed by atoms with van der Waals surface area (Å²) in [7, 11) is 0. The summed E-state index contributed by atoms with van der Waals surface area (Å²) in [5, 5.41) is 0. The van der Waals surface area contributed by atoms with Crippen molar-refractivity contribution in [3.05, 3.63) is 54.1 Å². The standard InChI is InChI=1S/C19H15F4N3O/c20-18-13(3-1-4-14(18)19(21,22)23)12-9-16-15(24-10-12)5-8-26(16)11-17(27)25-6-2-7-25/h1,3-5,8-10H,2,6-7,11H2. The van der Waals surface area contributed by atoms with Gasteiger partial charge in [0.1, 0.15) is 12.4 Å². The van der Waals surface area contributed by atoms with Crippen molar-refractivity contribution in [2.45, 2.75) is 19.1 Å². The molecule has 1 fully saturated rings. The van der Waals surface area contributed by atoms with Crippen molar-refractivity contribution in [3.8, 4) is 11.1 Å². The van der Waals surface area contributed by atoms with Gasteiger partial charge in [0.25, 0.3) is 0 Å². The van der Waals surface area contributed by atoms with Crippen molar-refractivity contribution in [3.63, 3.8) is 0 Å². The molecular weight excluding hydrogens is 362 g/mol. The summed E-state index contributed by atoms with van der Waals surface area (Å²) < 4.78 is 55.0. The molecule has 140 valence electrons. The Bertz CT molecular complexity index is 1020. The fourth-order valence-corrected chi connectivity index (χ4v) is 3.13. The van der Waals surface area contributed by atoms with Gasteiger partial charge in [0.2, 0.25) is 5.91 Å². The van der Waals surface area contributed by atoms with E-state index in [1.807, 2.05) is 0 Å². The quantitative estimate of drug-likeness (QED) is 0.645. The van der Waals surface area contributed by atoms with Crippen LogP contribution >= 0.6 is 0 Å². The first-order valence-corrected chi connectivity index (χ1v) is 8.43. The number of likely N-dealkylation sites (tertiary alicyclic amines) is 1. The Labute approximate surface area is 152 Å². The predicted molar refractivity (Wildman–Crippen MR) is 91.3 cm³/mol. The Hall–Kier alpha value is -2.90. The number of aromatic nitrogens is 2. The molecule has 4 nitrogen and oxygen atoms in total. The monoisotopic (exact) mass is 377 g/mol. The molecule has 1 amide bonds. The van der Waals surface area contributed by atoms with Crippen LogP contribution in [0.2, 0.25) is 0 Å². The maximum atomic E-state index is 14.4. The van der Waals surface area contributed by atoms with Gasteiger partial charge in [-0.15, -0.1) is 0 Å². The first-order chi connectivity index (χ1) is 12.8. The molecule has 0 saturated carbocycles. The van der Waals surface area contributed by atoms with Crippen LogP contribution in [0.1, 0.15) is 12.0 Å². The molecule has 0 unspecified atom stereocenters. The highest BCUT2D eigenvalue weighted by Gasteiger charge is 2.35. The number of carbonyl (C=O) groups is 1. The molecule has 0 spiro atoms. The number of benzene rings is 1. The van der Waals surface area contributed by atoms with Crippen molar-refractivity contribution in [2.24, 2.45) is 0 Å². The van der Waals surface area contributed by atoms with Crippen LogP contribution in [-0.2, 0) is 17.5 Å². The molecule has 4 rings (SSSR count). The number of fused-ring (bicyclic) bond motifs is 1. The number of alkyl halides is 3. The number of nitrogens with zero attached hydrogens (tertiary/aromatic N) is 3. The molecule has 0 N–H and O–H groups in total. The van der Waals surface area contributed by atoms with Crippen LogP contribution in [0.25, 0.3) is 22.2 Å². The number of carbonyl (C=O) groups excluding carboxylic acids is 1. The number of hydrogen-bond donors (Lipinski definition) is 0. The van der Waals surface area contributed by atoms with E-state index in [9.17, 15) is 22.4 Å². The fourth-order valence-electron chi connectivity index (χ4n) is 3.13. The highest BCUT2D eigenvalue weighted by molar-refractivity contribution is 5.84. The molecule has 0 atom stereocenters. The molecule has 0 bridgehead atoms. The van der Waals surface area contributed by atoms with E-state index >= 15 is 0 Å². The van der Waals surface area contributed by atoms with Gasteiger partial charge in [-0.2, -0.15) is 13.2 Å². The van der Waals surface area contributed by atoms with E-state index in [1.165, 1.54) is 12.3 Å². The molecule has 1 saturated heterocycles. The average molecular weight is 377 g/mol. The van der Waals surface area contributed by atoms with Crippen LogP contribution in [0.15, 0.2) is 42.7 Å². The maximum Gasteiger partial charge on any atom is 0.419 e. The van der Waals surface area contributed by atoms with E-state index in [1.54, 1.807) is 27.8 Å². The maximum absolute atomic E-state index is 14.4. The highest BCUT2D eigenvalue weighted by atomic mass is 19.4. The van der Waals surface area contributed by atoms with Crippen molar-refractivity contribution < 1.29 is 22.4 Å². The molecule has 27 heavy (non-hydrogen) atoms. The molecule has 1 aromatic carbocycles. The zero-order chi connectivity index (χ0) is 19.2. The minimum atomic E-state index is -4.78. The van der Waals surface area contributed by atoms with Gasteiger partial charge in [-0.25, -0.2) is 4.39 Å². The van der Waals surface area contributed by atoms with Gasteiger partial charge in [0.05, 0.1) is 16.6 Å². The first kappa shape index (κ1) is 17.5. The summed E-state index contributed by atoms with van der Waals surface area (Å²) in [6.45, 7) is 1.58. The first-order valence-electron chi connectivity index (χ1n) is 8.43. The van der Waals surface area contributed by atoms with Crippen LogP contribution < -0.4 is 0 Å². The molecular formula is C19H15F4N3O. The Morgan fingerprint density at radius 3 is 2.63 bits per heavy atom. The lowest BCUT2D eigenvalue weighted by molar-refractivity contribution is -0.140. The van der Waals surface area contributed by atoms with E-state index in [4.69, 9.17) is 0 Å². The zero-order valence-corrected chi connectivity index (χ0v) is 14.1. The lowest BCUT2D eigenvalue weighted by atomic mass is 10.0. The highest BCUT2D eigenvalue weighted by Crippen LogP contribution is 2.36. The summed E-state index contributed by atoms with van der Waals surface area (Å²) in [6, 6.07) is 6.43. The largest absolute Gasteiger partial charge is 0.419 e. The number of rotatable bonds is 3. The number of amides is 1. The third kappa shape index (κ3) is 3.15. The zero-order valence-electron chi connectivity index (χ0n) is 14.1. The van der Waals surface area contributed by atoms with E-state index in [-0.39, 0.29) is 23.6 Å². The van der Waals surface area contributed by atoms with E-state index in [0.29, 0.717) is 17.1 Å². The third-order valence-electron chi connectivity index (χ3n) is 4.75. The van der Waals surface area contributed by atoms with Crippen LogP contribution in [0.3, 0.4) is 0 Å². The lowest BCUT2D eigenvalue weighted by Gasteiger charge is -2.31. The summed E-state index contributed by atoms with van der Waals surface area (Å²) in [5.41, 5.74) is -0.118. The SMILES string of the molecule is O=C(Cn1ccc2ncc(-c3cccc(C(F)(F)F)c3F)cc21)N1CCC1. The minimum Gasteiger partial charge on any atom is -0.341 e. The van der Waals surface area contributed by atoms with Crippen LogP contribution in [-0.4, -0.2) is 33.4 Å².